The summed E-state index contributed by atoms with van der Waals surface area (Å²) >= 11 is 0.834. The zero-order chi connectivity index (χ0) is 27.6. The summed E-state index contributed by atoms with van der Waals surface area (Å²) in [6.45, 7) is 7.50. The second kappa shape index (κ2) is 11.1. The summed E-state index contributed by atoms with van der Waals surface area (Å²) < 4.78 is 26.0. The number of hydrogen-bond acceptors (Lipinski definition) is 8. The van der Waals surface area contributed by atoms with Crippen molar-refractivity contribution in [1.82, 2.24) is 14.5 Å². The third-order valence-electron chi connectivity index (χ3n) is 5.67. The molecule has 0 bridgehead atoms. The van der Waals surface area contributed by atoms with E-state index < -0.39 is 47.3 Å². The molecule has 10 nitrogen and oxygen atoms in total. The number of thiophene rings is 1. The van der Waals surface area contributed by atoms with Gasteiger partial charge >= 0.3 is 11.7 Å². The molecular weight excluding hydrogens is 505 g/mol. The third-order valence-corrected chi connectivity index (χ3v) is 6.96. The smallest absolute Gasteiger partial charge is 0.348 e. The van der Waals surface area contributed by atoms with Gasteiger partial charge in [0.05, 0.1) is 31.2 Å². The Morgan fingerprint density at radius 1 is 1.16 bits per heavy atom. The van der Waals surface area contributed by atoms with Crippen molar-refractivity contribution >= 4 is 39.2 Å². The van der Waals surface area contributed by atoms with Crippen molar-refractivity contribution in [3.05, 3.63) is 60.9 Å². The first-order valence-electron chi connectivity index (χ1n) is 11.5. The maximum Gasteiger partial charge on any atom is 0.348 e. The number of rotatable bonds is 9. The van der Waals surface area contributed by atoms with E-state index in [-0.39, 0.29) is 44.6 Å². The van der Waals surface area contributed by atoms with Gasteiger partial charge in [0.25, 0.3) is 5.56 Å². The molecule has 1 atom stereocenters. The molecule has 0 saturated heterocycles. The number of nitrogens with one attached hydrogen (secondary N) is 1. The highest BCUT2D eigenvalue weighted by atomic mass is 32.1. The van der Waals surface area contributed by atoms with Gasteiger partial charge in [-0.3, -0.25) is 19.0 Å². The number of ketones is 1. The number of esters is 1. The van der Waals surface area contributed by atoms with E-state index in [1.54, 1.807) is 20.8 Å². The van der Waals surface area contributed by atoms with Crippen molar-refractivity contribution in [2.24, 2.45) is 0 Å². The first kappa shape index (κ1) is 27.8. The Morgan fingerprint density at radius 3 is 2.43 bits per heavy atom. The summed E-state index contributed by atoms with van der Waals surface area (Å²) in [5, 5.41) is 2.67. The average Bonchev–Trinajstić information content (AvgIpc) is 3.18. The molecule has 0 fully saturated rings. The number of carbonyl (C=O) groups excluding carboxylic acids is 3. The van der Waals surface area contributed by atoms with Gasteiger partial charge in [-0.15, -0.1) is 11.3 Å². The molecule has 0 aliphatic heterocycles. The lowest BCUT2D eigenvalue weighted by atomic mass is 10.1. The van der Waals surface area contributed by atoms with Crippen LogP contribution in [0.25, 0.3) is 10.2 Å². The van der Waals surface area contributed by atoms with Crippen LogP contribution in [0.4, 0.5) is 4.39 Å². The molecule has 12 heteroatoms. The summed E-state index contributed by atoms with van der Waals surface area (Å²) in [5.74, 6) is -2.51. The molecule has 1 unspecified atom stereocenters. The predicted molar refractivity (Wildman–Crippen MR) is 136 cm³/mol. The zero-order valence-corrected chi connectivity index (χ0v) is 22.2. The van der Waals surface area contributed by atoms with Crippen molar-refractivity contribution in [1.29, 1.82) is 0 Å². The fourth-order valence-electron chi connectivity index (χ4n) is 3.89. The van der Waals surface area contributed by atoms with Crippen molar-refractivity contribution < 1.29 is 28.2 Å². The fraction of sp³-hybridized carbons (Fsp3) is 0.400. The van der Waals surface area contributed by atoms with Gasteiger partial charge in [-0.25, -0.2) is 18.5 Å². The van der Waals surface area contributed by atoms with Crippen molar-refractivity contribution in [3.63, 3.8) is 0 Å². The van der Waals surface area contributed by atoms with E-state index in [4.69, 9.17) is 9.47 Å². The van der Waals surface area contributed by atoms with Gasteiger partial charge in [0, 0.05) is 6.04 Å². The van der Waals surface area contributed by atoms with Crippen LogP contribution in [-0.2, 0) is 16.1 Å². The summed E-state index contributed by atoms with van der Waals surface area (Å²) in [5.41, 5.74) is -1.55. The Labute approximate surface area is 215 Å². The molecule has 198 valence electrons. The molecule has 0 aliphatic rings. The number of carbonyl (C=O) groups is 3. The number of amides is 1. The van der Waals surface area contributed by atoms with Crippen LogP contribution in [0.15, 0.2) is 27.8 Å². The van der Waals surface area contributed by atoms with Crippen molar-refractivity contribution in [2.75, 3.05) is 13.7 Å². The molecule has 37 heavy (non-hydrogen) atoms. The molecule has 1 aromatic carbocycles. The topological polar surface area (TPSA) is 126 Å². The van der Waals surface area contributed by atoms with Crippen LogP contribution in [0.5, 0.6) is 5.75 Å². The predicted octanol–water partition coefficient (Wildman–Crippen LogP) is 2.83. The van der Waals surface area contributed by atoms with Crippen LogP contribution in [0, 0.1) is 12.7 Å². The standard InChI is InChI=1S/C25H28FN3O7S/c1-7-36-24(33)20-13(4)19-22(32)29(14(5)21(31)27-12(2)3)25(34)28(23(19)37-20)11-17(30)16-10-15(26)8-9-18(16)35-6/h8-10,12,14H,7,11H2,1-6H3,(H,27,31). The first-order valence-corrected chi connectivity index (χ1v) is 12.4. The van der Waals surface area contributed by atoms with Crippen LogP contribution >= 0.6 is 11.3 Å². The number of fused-ring (bicyclic) bond motifs is 1. The Hall–Kier alpha value is -3.80. The highest BCUT2D eigenvalue weighted by Gasteiger charge is 2.29. The van der Waals surface area contributed by atoms with Crippen LogP contribution < -0.4 is 21.3 Å². The number of methoxy groups -OCH3 is 1. The number of Topliss-reactive ketones (excluding diaryl/α,β-unsaturated/α-hetero) is 1. The van der Waals surface area contributed by atoms with Gasteiger partial charge in [-0.1, -0.05) is 0 Å². The minimum absolute atomic E-state index is 0.0101. The Morgan fingerprint density at radius 2 is 1.84 bits per heavy atom. The number of hydrogen-bond donors (Lipinski definition) is 1. The van der Waals surface area contributed by atoms with E-state index in [9.17, 15) is 28.4 Å². The first-order chi connectivity index (χ1) is 17.4. The Bertz CT molecular complexity index is 1500. The molecule has 2 heterocycles. The molecule has 1 amide bonds. The number of ether oxygens (including phenoxy) is 2. The molecule has 3 aromatic rings. The molecule has 3 rings (SSSR count). The van der Waals surface area contributed by atoms with Gasteiger partial charge in [0.1, 0.15) is 27.3 Å². The monoisotopic (exact) mass is 533 g/mol. The summed E-state index contributed by atoms with van der Waals surface area (Å²) in [6, 6.07) is 1.93. The van der Waals surface area contributed by atoms with Gasteiger partial charge in [-0.05, 0) is 58.4 Å². The summed E-state index contributed by atoms with van der Waals surface area (Å²) in [7, 11) is 1.32. The van der Waals surface area contributed by atoms with Crippen LogP contribution in [0.1, 0.15) is 59.3 Å². The number of benzene rings is 1. The Balaban J connectivity index is 2.31. The van der Waals surface area contributed by atoms with E-state index in [0.717, 1.165) is 32.6 Å². The van der Waals surface area contributed by atoms with E-state index >= 15 is 0 Å². The SMILES string of the molecule is CCOC(=O)c1sc2c(c1C)c(=O)n(C(C)C(=O)NC(C)C)c(=O)n2CC(=O)c1cc(F)ccc1OC. The molecule has 0 saturated carbocycles. The molecule has 1 N–H and O–H groups in total. The normalized spacial score (nSPS) is 12.0. The summed E-state index contributed by atoms with van der Waals surface area (Å²) in [6.07, 6.45) is 0. The number of nitrogens with zero attached hydrogens (tertiary/aromatic N) is 2. The lowest BCUT2D eigenvalue weighted by molar-refractivity contribution is -0.124. The van der Waals surface area contributed by atoms with E-state index in [1.165, 1.54) is 27.0 Å². The lowest BCUT2D eigenvalue weighted by Gasteiger charge is -2.18. The number of aryl methyl sites for hydroxylation is 1. The maximum atomic E-state index is 13.9. The average molecular weight is 534 g/mol. The fourth-order valence-corrected chi connectivity index (χ4v) is 5.07. The minimum Gasteiger partial charge on any atom is -0.496 e. The zero-order valence-electron chi connectivity index (χ0n) is 21.3. The molecule has 0 aliphatic carbocycles. The minimum atomic E-state index is -1.22. The number of aromatic nitrogens is 2. The molecule has 2 aromatic heterocycles. The van der Waals surface area contributed by atoms with E-state index in [1.807, 2.05) is 0 Å². The highest BCUT2D eigenvalue weighted by molar-refractivity contribution is 7.20. The lowest BCUT2D eigenvalue weighted by Crippen LogP contribution is -2.47. The van der Waals surface area contributed by atoms with Crippen LogP contribution in [-0.4, -0.2) is 46.6 Å². The van der Waals surface area contributed by atoms with Crippen molar-refractivity contribution in [3.8, 4) is 5.75 Å². The second-order valence-corrected chi connectivity index (χ2v) is 9.61. The van der Waals surface area contributed by atoms with Gasteiger partial charge in [0.15, 0.2) is 5.78 Å². The van der Waals surface area contributed by atoms with Crippen LogP contribution in [0.2, 0.25) is 0 Å². The molecular formula is C25H28FN3O7S. The van der Waals surface area contributed by atoms with Crippen LogP contribution in [0.3, 0.4) is 0 Å². The quantitative estimate of drug-likeness (QED) is 0.331. The molecule has 0 spiro atoms. The third kappa shape index (κ3) is 5.33. The van der Waals surface area contributed by atoms with Crippen molar-refractivity contribution in [2.45, 2.75) is 53.2 Å². The van der Waals surface area contributed by atoms with Gasteiger partial charge < -0.3 is 14.8 Å². The Kier molecular flexibility index (Phi) is 8.32. The second-order valence-electron chi connectivity index (χ2n) is 8.61. The molecule has 0 radical (unpaired) electrons. The summed E-state index contributed by atoms with van der Waals surface area (Å²) in [4.78, 5) is 65.8. The van der Waals surface area contributed by atoms with E-state index in [2.05, 4.69) is 5.32 Å². The number of halogens is 1. The van der Waals surface area contributed by atoms with E-state index in [0.29, 0.717) is 0 Å². The van der Waals surface area contributed by atoms with Gasteiger partial charge in [-0.2, -0.15) is 0 Å². The highest BCUT2D eigenvalue weighted by Crippen LogP contribution is 2.29. The van der Waals surface area contributed by atoms with Gasteiger partial charge in [0.2, 0.25) is 5.91 Å². The maximum absolute atomic E-state index is 13.9. The largest absolute Gasteiger partial charge is 0.496 e.